The number of hydrogen-bond acceptors (Lipinski definition) is 4. The summed E-state index contributed by atoms with van der Waals surface area (Å²) in [5.41, 5.74) is 5.15. The van der Waals surface area contributed by atoms with Gasteiger partial charge in [0.2, 0.25) is 0 Å². The van der Waals surface area contributed by atoms with Crippen molar-refractivity contribution in [2.45, 2.75) is 63.6 Å². The number of ketones is 1. The predicted molar refractivity (Wildman–Crippen MR) is 122 cm³/mol. The summed E-state index contributed by atoms with van der Waals surface area (Å²) in [6.45, 7) is 5.04. The second kappa shape index (κ2) is 9.61. The first kappa shape index (κ1) is 20.9. The second-order valence-electron chi connectivity index (χ2n) is 8.03. The highest BCUT2D eigenvalue weighted by molar-refractivity contribution is 7.99. The van der Waals surface area contributed by atoms with E-state index >= 15 is 0 Å². The van der Waals surface area contributed by atoms with Gasteiger partial charge in [0.1, 0.15) is 5.82 Å². The minimum absolute atomic E-state index is 0.0291. The van der Waals surface area contributed by atoms with Gasteiger partial charge in [-0.3, -0.25) is 4.79 Å². The maximum Gasteiger partial charge on any atom is 0.191 e. The van der Waals surface area contributed by atoms with Gasteiger partial charge in [0.15, 0.2) is 10.9 Å². The number of hydrogen-bond donors (Lipinski definition) is 0. The van der Waals surface area contributed by atoms with Crippen LogP contribution in [0.15, 0.2) is 53.7 Å². The number of aromatic nitrogens is 3. The quantitative estimate of drug-likeness (QED) is 0.473. The molecule has 0 spiro atoms. The first-order valence-electron chi connectivity index (χ1n) is 10.9. The Labute approximate surface area is 183 Å². The maximum atomic E-state index is 13.0. The topological polar surface area (TPSA) is 47.8 Å². The molecule has 0 amide bonds. The zero-order valence-electron chi connectivity index (χ0n) is 17.8. The molecule has 2 aromatic carbocycles. The predicted octanol–water partition coefficient (Wildman–Crippen LogP) is 5.17. The summed E-state index contributed by atoms with van der Waals surface area (Å²) in [4.78, 5) is 13.0. The molecule has 0 saturated carbocycles. The molecule has 0 saturated heterocycles. The first-order chi connectivity index (χ1) is 14.7. The van der Waals surface area contributed by atoms with Crippen LogP contribution in [-0.4, -0.2) is 26.3 Å². The van der Waals surface area contributed by atoms with Crippen molar-refractivity contribution in [3.63, 3.8) is 0 Å². The molecule has 1 aliphatic rings. The number of aryl methyl sites for hydroxylation is 4. The average molecular weight is 420 g/mol. The second-order valence-corrected chi connectivity index (χ2v) is 8.97. The number of carbonyl (C=O) groups excluding carboxylic acids is 1. The normalized spacial score (nSPS) is 15.7. The Kier molecular flexibility index (Phi) is 6.68. The molecule has 1 aromatic heterocycles. The molecule has 0 radical (unpaired) electrons. The van der Waals surface area contributed by atoms with Crippen LogP contribution in [0.2, 0.25) is 0 Å². The van der Waals surface area contributed by atoms with Crippen molar-refractivity contribution in [3.8, 4) is 0 Å². The van der Waals surface area contributed by atoms with Gasteiger partial charge in [0, 0.05) is 18.9 Å². The van der Waals surface area contributed by atoms with Crippen LogP contribution in [0.3, 0.4) is 0 Å². The summed E-state index contributed by atoms with van der Waals surface area (Å²) in [6, 6.07) is 17.1. The van der Waals surface area contributed by atoms with E-state index in [9.17, 15) is 4.79 Å². The van der Waals surface area contributed by atoms with E-state index < -0.39 is 0 Å². The zero-order chi connectivity index (χ0) is 20.9. The summed E-state index contributed by atoms with van der Waals surface area (Å²) >= 11 is 1.53. The number of rotatable bonds is 8. The Balaban J connectivity index is 1.39. The summed E-state index contributed by atoms with van der Waals surface area (Å²) in [5.74, 6) is 1.78. The molecule has 0 aliphatic heterocycles. The van der Waals surface area contributed by atoms with Crippen molar-refractivity contribution in [2.24, 2.45) is 0 Å². The number of benzene rings is 2. The van der Waals surface area contributed by atoms with Crippen molar-refractivity contribution < 1.29 is 4.79 Å². The number of fused-ring (bicyclic) bond motifs is 1. The van der Waals surface area contributed by atoms with Crippen LogP contribution < -0.4 is 0 Å². The lowest BCUT2D eigenvalue weighted by atomic mass is 9.81. The fourth-order valence-electron chi connectivity index (χ4n) is 4.26. The molecule has 4 nitrogen and oxygen atoms in total. The Hall–Kier alpha value is -2.40. The Morgan fingerprint density at radius 3 is 2.70 bits per heavy atom. The van der Waals surface area contributed by atoms with Gasteiger partial charge >= 0.3 is 0 Å². The van der Waals surface area contributed by atoms with Crippen molar-refractivity contribution in [1.82, 2.24) is 14.8 Å². The lowest BCUT2D eigenvalue weighted by molar-refractivity contribution is -0.118. The van der Waals surface area contributed by atoms with Gasteiger partial charge in [-0.05, 0) is 56.2 Å². The molecule has 1 atom stereocenters. The van der Waals surface area contributed by atoms with Crippen LogP contribution in [0.25, 0.3) is 0 Å². The highest BCUT2D eigenvalue weighted by Gasteiger charge is 2.26. The SMILES string of the molecule is CCn1c(CCc2ccc(C)cc2)nnc1SCC(=O)C1CCCc2ccccc21. The largest absolute Gasteiger partial charge is 0.306 e. The standard InChI is InChI=1S/C25H29N3OS/c1-3-28-24(16-15-19-13-11-18(2)12-14-19)26-27-25(28)30-17-23(29)22-10-6-8-20-7-4-5-9-21(20)22/h4-5,7,9,11-14,22H,3,6,8,10,15-17H2,1-2H3. The number of Topliss-reactive ketones (excluding diaryl/α,β-unsaturated/α-hetero) is 1. The minimum atomic E-state index is 0.0291. The van der Waals surface area contributed by atoms with Crippen molar-refractivity contribution >= 4 is 17.5 Å². The molecule has 0 bridgehead atoms. The number of thioether (sulfide) groups is 1. The van der Waals surface area contributed by atoms with E-state index in [1.165, 1.54) is 34.0 Å². The molecule has 1 heterocycles. The molecule has 1 unspecified atom stereocenters. The Morgan fingerprint density at radius 1 is 1.10 bits per heavy atom. The van der Waals surface area contributed by atoms with E-state index in [1.54, 1.807) is 0 Å². The molecular formula is C25H29N3OS. The van der Waals surface area contributed by atoms with Crippen LogP contribution in [-0.2, 0) is 30.6 Å². The Bertz CT molecular complexity index is 1010. The lowest BCUT2D eigenvalue weighted by Gasteiger charge is -2.24. The van der Waals surface area contributed by atoms with Gasteiger partial charge in [-0.2, -0.15) is 0 Å². The van der Waals surface area contributed by atoms with Crippen molar-refractivity contribution in [1.29, 1.82) is 0 Å². The van der Waals surface area contributed by atoms with E-state index in [0.717, 1.165) is 49.6 Å². The molecule has 5 heteroatoms. The highest BCUT2D eigenvalue weighted by Crippen LogP contribution is 2.33. The summed E-state index contributed by atoms with van der Waals surface area (Å²) in [7, 11) is 0. The summed E-state index contributed by atoms with van der Waals surface area (Å²) in [5, 5.41) is 9.68. The van der Waals surface area contributed by atoms with Crippen LogP contribution >= 0.6 is 11.8 Å². The van der Waals surface area contributed by atoms with Gasteiger partial charge in [-0.1, -0.05) is 65.9 Å². The third-order valence-corrected chi connectivity index (χ3v) is 6.96. The minimum Gasteiger partial charge on any atom is -0.306 e. The van der Waals surface area contributed by atoms with Crippen LogP contribution in [0, 0.1) is 6.92 Å². The number of carbonyl (C=O) groups is 1. The van der Waals surface area contributed by atoms with E-state index in [4.69, 9.17) is 0 Å². The Morgan fingerprint density at radius 2 is 1.90 bits per heavy atom. The smallest absolute Gasteiger partial charge is 0.191 e. The molecule has 0 N–H and O–H groups in total. The van der Waals surface area contributed by atoms with Gasteiger partial charge < -0.3 is 4.57 Å². The van der Waals surface area contributed by atoms with Gasteiger partial charge in [-0.15, -0.1) is 10.2 Å². The monoisotopic (exact) mass is 419 g/mol. The fourth-order valence-corrected chi connectivity index (χ4v) is 5.23. The lowest BCUT2D eigenvalue weighted by Crippen LogP contribution is -2.20. The summed E-state index contributed by atoms with van der Waals surface area (Å²) < 4.78 is 2.15. The van der Waals surface area contributed by atoms with E-state index in [0.29, 0.717) is 11.5 Å². The fraction of sp³-hybridized carbons (Fsp3) is 0.400. The molecule has 1 aliphatic carbocycles. The van der Waals surface area contributed by atoms with E-state index in [1.807, 2.05) is 6.07 Å². The third-order valence-electron chi connectivity index (χ3n) is 5.97. The zero-order valence-corrected chi connectivity index (χ0v) is 18.6. The van der Waals surface area contributed by atoms with Crippen molar-refractivity contribution in [3.05, 3.63) is 76.6 Å². The molecule has 0 fully saturated rings. The molecular weight excluding hydrogens is 390 g/mol. The number of nitrogens with zero attached hydrogens (tertiary/aromatic N) is 3. The first-order valence-corrected chi connectivity index (χ1v) is 11.8. The molecule has 156 valence electrons. The highest BCUT2D eigenvalue weighted by atomic mass is 32.2. The summed E-state index contributed by atoms with van der Waals surface area (Å²) in [6.07, 6.45) is 4.93. The van der Waals surface area contributed by atoms with Gasteiger partial charge in [0.05, 0.1) is 5.75 Å². The average Bonchev–Trinajstić information content (AvgIpc) is 3.18. The molecule has 4 rings (SSSR count). The molecule has 3 aromatic rings. The van der Waals surface area contributed by atoms with Crippen LogP contribution in [0.5, 0.6) is 0 Å². The van der Waals surface area contributed by atoms with Gasteiger partial charge in [-0.25, -0.2) is 0 Å². The van der Waals surface area contributed by atoms with Crippen molar-refractivity contribution in [2.75, 3.05) is 5.75 Å². The maximum absolute atomic E-state index is 13.0. The molecule has 30 heavy (non-hydrogen) atoms. The van der Waals surface area contributed by atoms with Crippen LogP contribution in [0.4, 0.5) is 0 Å². The third kappa shape index (κ3) is 4.67. The van der Waals surface area contributed by atoms with Crippen LogP contribution in [0.1, 0.15) is 53.8 Å². The van der Waals surface area contributed by atoms with E-state index in [2.05, 4.69) is 71.1 Å². The van der Waals surface area contributed by atoms with E-state index in [-0.39, 0.29) is 5.92 Å². The van der Waals surface area contributed by atoms with Gasteiger partial charge in [0.25, 0.3) is 0 Å².